The van der Waals surface area contributed by atoms with Crippen LogP contribution in [0.5, 0.6) is 5.75 Å². The Morgan fingerprint density at radius 3 is 2.69 bits per heavy atom. The van der Waals surface area contributed by atoms with E-state index in [0.717, 1.165) is 5.56 Å². The molecule has 3 nitrogen and oxygen atoms in total. The molecule has 0 aliphatic carbocycles. The fourth-order valence-electron chi connectivity index (χ4n) is 1.18. The van der Waals surface area contributed by atoms with Crippen LogP contribution < -0.4 is 4.74 Å². The van der Waals surface area contributed by atoms with E-state index in [1.54, 1.807) is 13.0 Å². The van der Waals surface area contributed by atoms with Gasteiger partial charge in [0, 0.05) is 0 Å². The lowest BCUT2D eigenvalue weighted by atomic mass is 10.1. The number of esters is 1. The molecule has 0 bridgehead atoms. The smallest absolute Gasteiger partial charge is 0.341 e. The van der Waals surface area contributed by atoms with Crippen molar-refractivity contribution in [2.75, 3.05) is 13.7 Å². The van der Waals surface area contributed by atoms with Crippen LogP contribution in [0.1, 0.15) is 15.9 Å². The Labute approximate surface area is 92.0 Å². The summed E-state index contributed by atoms with van der Waals surface area (Å²) in [7, 11) is 1.22. The molecule has 5 heteroatoms. The number of hydrogen-bond acceptors (Lipinski definition) is 3. The number of halogens is 2. The predicted molar refractivity (Wildman–Crippen MR) is 54.0 cm³/mol. The minimum Gasteiger partial charge on any atom is -0.487 e. The summed E-state index contributed by atoms with van der Waals surface area (Å²) >= 11 is 0. The molecular formula is C11H12F2O3. The maximum absolute atomic E-state index is 12.0. The zero-order valence-corrected chi connectivity index (χ0v) is 9.00. The molecule has 0 aromatic heterocycles. The average Bonchev–Trinajstić information content (AvgIpc) is 2.25. The molecule has 0 aliphatic rings. The minimum atomic E-state index is -2.58. The molecule has 0 atom stereocenters. The molecule has 1 aromatic rings. The Bertz CT molecular complexity index is 377. The molecule has 1 rings (SSSR count). The summed E-state index contributed by atoms with van der Waals surface area (Å²) in [4.78, 5) is 11.3. The van der Waals surface area contributed by atoms with Gasteiger partial charge in [0.1, 0.15) is 17.9 Å². The van der Waals surface area contributed by atoms with Crippen LogP contribution in [0.3, 0.4) is 0 Å². The summed E-state index contributed by atoms with van der Waals surface area (Å²) in [6.45, 7) is 1.03. The third-order valence-electron chi connectivity index (χ3n) is 1.91. The van der Waals surface area contributed by atoms with Gasteiger partial charge in [0.2, 0.25) is 0 Å². The number of ether oxygens (including phenoxy) is 2. The first-order valence-corrected chi connectivity index (χ1v) is 4.64. The fraction of sp³-hybridized carbons (Fsp3) is 0.364. The lowest BCUT2D eigenvalue weighted by molar-refractivity contribution is 0.0578. The van der Waals surface area contributed by atoms with E-state index in [2.05, 4.69) is 4.74 Å². The first-order valence-electron chi connectivity index (χ1n) is 4.64. The Balaban J connectivity index is 2.94. The van der Waals surface area contributed by atoms with E-state index in [1.165, 1.54) is 19.2 Å². The number of alkyl halides is 2. The standard InChI is InChI=1S/C11H12F2O3/c1-7-3-4-8(11(14)15-2)9(5-7)16-6-10(12)13/h3-5,10H,6H2,1-2H3. The molecular weight excluding hydrogens is 218 g/mol. The Morgan fingerprint density at radius 2 is 2.12 bits per heavy atom. The second kappa shape index (κ2) is 5.44. The number of carbonyl (C=O) groups excluding carboxylic acids is 1. The minimum absolute atomic E-state index is 0.118. The van der Waals surface area contributed by atoms with Crippen molar-refractivity contribution in [1.82, 2.24) is 0 Å². The Hall–Kier alpha value is -1.65. The van der Waals surface area contributed by atoms with E-state index in [9.17, 15) is 13.6 Å². The van der Waals surface area contributed by atoms with Gasteiger partial charge in [-0.3, -0.25) is 0 Å². The monoisotopic (exact) mass is 230 g/mol. The molecule has 16 heavy (non-hydrogen) atoms. The van der Waals surface area contributed by atoms with Crippen molar-refractivity contribution >= 4 is 5.97 Å². The highest BCUT2D eigenvalue weighted by molar-refractivity contribution is 5.92. The molecule has 0 spiro atoms. The molecule has 88 valence electrons. The second-order valence-electron chi connectivity index (χ2n) is 3.19. The van der Waals surface area contributed by atoms with Gasteiger partial charge in [0.05, 0.1) is 7.11 Å². The number of hydrogen-bond donors (Lipinski definition) is 0. The quantitative estimate of drug-likeness (QED) is 0.745. The number of benzene rings is 1. The molecule has 0 fully saturated rings. The zero-order chi connectivity index (χ0) is 12.1. The summed E-state index contributed by atoms with van der Waals surface area (Å²) in [6.07, 6.45) is -2.58. The average molecular weight is 230 g/mol. The Morgan fingerprint density at radius 1 is 1.44 bits per heavy atom. The summed E-state index contributed by atoms with van der Waals surface area (Å²) in [5.41, 5.74) is 0.964. The van der Waals surface area contributed by atoms with Crippen LogP contribution in [-0.4, -0.2) is 26.1 Å². The molecule has 0 unspecified atom stereocenters. The van der Waals surface area contributed by atoms with E-state index in [0.29, 0.717) is 0 Å². The SMILES string of the molecule is COC(=O)c1ccc(C)cc1OCC(F)F. The third-order valence-corrected chi connectivity index (χ3v) is 1.91. The van der Waals surface area contributed by atoms with Gasteiger partial charge in [-0.1, -0.05) is 6.07 Å². The summed E-state index contributed by atoms with van der Waals surface area (Å²) in [5.74, 6) is -0.489. The lowest BCUT2D eigenvalue weighted by Crippen LogP contribution is -2.11. The van der Waals surface area contributed by atoms with Crippen molar-refractivity contribution in [2.24, 2.45) is 0 Å². The molecule has 0 saturated carbocycles. The highest BCUT2D eigenvalue weighted by Crippen LogP contribution is 2.21. The summed E-state index contributed by atoms with van der Waals surface area (Å²) in [6, 6.07) is 4.69. The van der Waals surface area contributed by atoms with Crippen molar-refractivity contribution in [3.8, 4) is 5.75 Å². The van der Waals surface area contributed by atoms with Crippen molar-refractivity contribution < 1.29 is 23.0 Å². The number of aryl methyl sites for hydroxylation is 1. The first kappa shape index (κ1) is 12.4. The largest absolute Gasteiger partial charge is 0.487 e. The van der Waals surface area contributed by atoms with Crippen LogP contribution in [0.4, 0.5) is 8.78 Å². The van der Waals surface area contributed by atoms with E-state index in [1.807, 2.05) is 0 Å². The van der Waals surface area contributed by atoms with Gasteiger partial charge in [-0.25, -0.2) is 13.6 Å². The predicted octanol–water partition coefficient (Wildman–Crippen LogP) is 2.43. The fourth-order valence-corrected chi connectivity index (χ4v) is 1.18. The van der Waals surface area contributed by atoms with Gasteiger partial charge in [0.15, 0.2) is 0 Å². The van der Waals surface area contributed by atoms with Crippen LogP contribution in [0, 0.1) is 6.92 Å². The van der Waals surface area contributed by atoms with Crippen LogP contribution in [0.2, 0.25) is 0 Å². The van der Waals surface area contributed by atoms with E-state index < -0.39 is 19.0 Å². The van der Waals surface area contributed by atoms with Gasteiger partial charge in [0.25, 0.3) is 6.43 Å². The molecule has 0 heterocycles. The maximum Gasteiger partial charge on any atom is 0.341 e. The first-order chi connectivity index (χ1) is 7.54. The molecule has 0 N–H and O–H groups in total. The van der Waals surface area contributed by atoms with Gasteiger partial charge >= 0.3 is 5.97 Å². The normalized spacial score (nSPS) is 10.3. The molecule has 0 radical (unpaired) electrons. The summed E-state index contributed by atoms with van der Waals surface area (Å²) < 4.78 is 33.4. The van der Waals surface area contributed by atoms with Crippen molar-refractivity contribution in [3.63, 3.8) is 0 Å². The Kier molecular flexibility index (Phi) is 4.22. The number of methoxy groups -OCH3 is 1. The van der Waals surface area contributed by atoms with E-state index in [-0.39, 0.29) is 11.3 Å². The lowest BCUT2D eigenvalue weighted by Gasteiger charge is -2.10. The van der Waals surface area contributed by atoms with Gasteiger partial charge in [-0.05, 0) is 24.6 Å². The third kappa shape index (κ3) is 3.18. The summed E-state index contributed by atoms with van der Waals surface area (Å²) in [5, 5.41) is 0. The van der Waals surface area contributed by atoms with Gasteiger partial charge in [-0.15, -0.1) is 0 Å². The molecule has 0 saturated heterocycles. The van der Waals surface area contributed by atoms with Crippen LogP contribution in [0.15, 0.2) is 18.2 Å². The van der Waals surface area contributed by atoms with Crippen molar-refractivity contribution in [2.45, 2.75) is 13.3 Å². The van der Waals surface area contributed by atoms with Gasteiger partial charge < -0.3 is 9.47 Å². The topological polar surface area (TPSA) is 35.5 Å². The van der Waals surface area contributed by atoms with Crippen LogP contribution >= 0.6 is 0 Å². The van der Waals surface area contributed by atoms with Crippen LogP contribution in [0.25, 0.3) is 0 Å². The molecule has 0 amide bonds. The van der Waals surface area contributed by atoms with Crippen LogP contribution in [-0.2, 0) is 4.74 Å². The highest BCUT2D eigenvalue weighted by Gasteiger charge is 2.14. The van der Waals surface area contributed by atoms with E-state index >= 15 is 0 Å². The van der Waals surface area contributed by atoms with Crippen molar-refractivity contribution in [1.29, 1.82) is 0 Å². The number of carbonyl (C=O) groups is 1. The maximum atomic E-state index is 12.0. The molecule has 1 aromatic carbocycles. The molecule has 0 aliphatic heterocycles. The second-order valence-corrected chi connectivity index (χ2v) is 3.19. The van der Waals surface area contributed by atoms with Gasteiger partial charge in [-0.2, -0.15) is 0 Å². The van der Waals surface area contributed by atoms with Crippen molar-refractivity contribution in [3.05, 3.63) is 29.3 Å². The number of rotatable bonds is 4. The highest BCUT2D eigenvalue weighted by atomic mass is 19.3. The zero-order valence-electron chi connectivity index (χ0n) is 9.00. The van der Waals surface area contributed by atoms with E-state index in [4.69, 9.17) is 4.74 Å².